The molecule has 2 aliphatic rings. The van der Waals surface area contributed by atoms with Gasteiger partial charge in [-0.25, -0.2) is 4.98 Å². The molecular formula is C18H19N5O3. The number of nitrogens with one attached hydrogen (secondary N) is 1. The van der Waals surface area contributed by atoms with Gasteiger partial charge >= 0.3 is 0 Å². The second kappa shape index (κ2) is 6.36. The zero-order valence-corrected chi connectivity index (χ0v) is 14.4. The van der Waals surface area contributed by atoms with E-state index < -0.39 is 0 Å². The van der Waals surface area contributed by atoms with Crippen LogP contribution in [-0.2, 0) is 29.2 Å². The highest BCUT2D eigenvalue weighted by atomic mass is 16.2. The molecule has 2 aliphatic heterocycles. The van der Waals surface area contributed by atoms with Crippen LogP contribution in [0.4, 0.5) is 0 Å². The number of pyridine rings is 1. The molecule has 2 aromatic heterocycles. The third-order valence-electron chi connectivity index (χ3n) is 4.86. The molecule has 0 bridgehead atoms. The van der Waals surface area contributed by atoms with Crippen LogP contribution in [-0.4, -0.2) is 43.1 Å². The lowest BCUT2D eigenvalue weighted by Crippen LogP contribution is -2.34. The van der Waals surface area contributed by atoms with Crippen LogP contribution in [0, 0.1) is 12.8 Å². The average Bonchev–Trinajstić information content (AvgIpc) is 3.19. The van der Waals surface area contributed by atoms with Crippen molar-refractivity contribution in [2.45, 2.75) is 33.0 Å². The molecule has 0 saturated carbocycles. The predicted molar refractivity (Wildman–Crippen MR) is 91.6 cm³/mol. The number of nitrogens with zero attached hydrogens (tertiary/aromatic N) is 4. The Labute approximate surface area is 149 Å². The van der Waals surface area contributed by atoms with E-state index in [1.165, 1.54) is 0 Å². The lowest BCUT2D eigenvalue weighted by Gasteiger charge is -2.20. The van der Waals surface area contributed by atoms with Gasteiger partial charge in [-0.05, 0) is 19.1 Å². The minimum absolute atomic E-state index is 0.0440. The number of H-pyrrole nitrogens is 1. The molecule has 0 unspecified atom stereocenters. The first-order valence-corrected chi connectivity index (χ1v) is 8.56. The van der Waals surface area contributed by atoms with Crippen LogP contribution in [0.25, 0.3) is 0 Å². The van der Waals surface area contributed by atoms with Crippen LogP contribution in [0.2, 0.25) is 0 Å². The summed E-state index contributed by atoms with van der Waals surface area (Å²) >= 11 is 0. The number of fused-ring (bicyclic) bond motifs is 1. The van der Waals surface area contributed by atoms with E-state index in [4.69, 9.17) is 0 Å². The van der Waals surface area contributed by atoms with E-state index in [1.807, 2.05) is 18.2 Å². The number of hydrogen-bond donors (Lipinski definition) is 1. The zero-order valence-electron chi connectivity index (χ0n) is 14.4. The molecule has 8 heteroatoms. The fourth-order valence-electron chi connectivity index (χ4n) is 3.58. The quantitative estimate of drug-likeness (QED) is 0.859. The van der Waals surface area contributed by atoms with E-state index in [0.717, 1.165) is 5.69 Å². The standard InChI is InChI=1S/C18H19N5O3/c1-11-20-15-10-23(9-14(15)17(25)21-11)18(26)12-6-16(24)22(7-12)8-13-4-2-3-5-19-13/h2-5,12H,6-10H2,1H3,(H,20,21,25)/t12-/m0/s1. The van der Waals surface area contributed by atoms with E-state index in [1.54, 1.807) is 22.9 Å². The molecule has 8 nitrogen and oxygen atoms in total. The van der Waals surface area contributed by atoms with Gasteiger partial charge in [0, 0.05) is 19.2 Å². The fraction of sp³-hybridized carbons (Fsp3) is 0.389. The Kier molecular flexibility index (Phi) is 4.02. The topological polar surface area (TPSA) is 99.3 Å². The highest BCUT2D eigenvalue weighted by Crippen LogP contribution is 2.26. The van der Waals surface area contributed by atoms with Crippen molar-refractivity contribution < 1.29 is 9.59 Å². The van der Waals surface area contributed by atoms with Crippen molar-refractivity contribution in [2.24, 2.45) is 5.92 Å². The van der Waals surface area contributed by atoms with Crippen LogP contribution in [0.1, 0.15) is 29.2 Å². The molecule has 0 spiro atoms. The Balaban J connectivity index is 1.44. The Morgan fingerprint density at radius 2 is 2.15 bits per heavy atom. The van der Waals surface area contributed by atoms with E-state index in [-0.39, 0.29) is 36.3 Å². The lowest BCUT2D eigenvalue weighted by molar-refractivity contribution is -0.136. The van der Waals surface area contributed by atoms with Gasteiger partial charge in [-0.2, -0.15) is 0 Å². The summed E-state index contributed by atoms with van der Waals surface area (Å²) in [4.78, 5) is 51.7. The van der Waals surface area contributed by atoms with Gasteiger partial charge in [-0.15, -0.1) is 0 Å². The first kappa shape index (κ1) is 16.4. The maximum Gasteiger partial charge on any atom is 0.256 e. The van der Waals surface area contributed by atoms with E-state index in [2.05, 4.69) is 15.0 Å². The maximum absolute atomic E-state index is 12.8. The van der Waals surface area contributed by atoms with Crippen molar-refractivity contribution in [3.05, 3.63) is 57.5 Å². The van der Waals surface area contributed by atoms with Gasteiger partial charge < -0.3 is 14.8 Å². The molecular weight excluding hydrogens is 334 g/mol. The van der Waals surface area contributed by atoms with Gasteiger partial charge in [-0.3, -0.25) is 19.4 Å². The highest BCUT2D eigenvalue weighted by molar-refractivity contribution is 5.89. The van der Waals surface area contributed by atoms with Crippen LogP contribution in [0.15, 0.2) is 29.2 Å². The number of carbonyl (C=O) groups is 2. The molecule has 0 aliphatic carbocycles. The van der Waals surface area contributed by atoms with Gasteiger partial charge in [0.25, 0.3) is 5.56 Å². The molecule has 2 amide bonds. The second-order valence-electron chi connectivity index (χ2n) is 6.77. The Bertz CT molecular complexity index is 924. The summed E-state index contributed by atoms with van der Waals surface area (Å²) in [5.74, 6) is 0.00999. The van der Waals surface area contributed by atoms with Crippen molar-refractivity contribution in [1.82, 2.24) is 24.8 Å². The number of amides is 2. The summed E-state index contributed by atoms with van der Waals surface area (Å²) in [6.07, 6.45) is 1.88. The molecule has 2 aromatic rings. The third-order valence-corrected chi connectivity index (χ3v) is 4.86. The van der Waals surface area contributed by atoms with E-state index in [0.29, 0.717) is 36.7 Å². The number of hydrogen-bond acceptors (Lipinski definition) is 5. The van der Waals surface area contributed by atoms with Crippen molar-refractivity contribution >= 4 is 11.8 Å². The first-order valence-electron chi connectivity index (χ1n) is 8.56. The second-order valence-corrected chi connectivity index (χ2v) is 6.77. The number of aryl methyl sites for hydroxylation is 1. The number of likely N-dealkylation sites (tertiary alicyclic amines) is 1. The summed E-state index contributed by atoms with van der Waals surface area (Å²) < 4.78 is 0. The maximum atomic E-state index is 12.8. The largest absolute Gasteiger partial charge is 0.336 e. The number of aromatic nitrogens is 3. The number of carbonyl (C=O) groups excluding carboxylic acids is 2. The molecule has 0 radical (unpaired) electrons. The average molecular weight is 353 g/mol. The highest BCUT2D eigenvalue weighted by Gasteiger charge is 2.38. The Hall–Kier alpha value is -3.03. The number of rotatable bonds is 3. The third kappa shape index (κ3) is 2.98. The summed E-state index contributed by atoms with van der Waals surface area (Å²) in [5.41, 5.74) is 1.80. The Morgan fingerprint density at radius 3 is 2.92 bits per heavy atom. The molecule has 4 heterocycles. The molecule has 134 valence electrons. The fourth-order valence-corrected chi connectivity index (χ4v) is 3.58. The van der Waals surface area contributed by atoms with Crippen molar-refractivity contribution in [2.75, 3.05) is 6.54 Å². The normalized spacial score (nSPS) is 19.1. The predicted octanol–water partition coefficient (Wildman–Crippen LogP) is 0.364. The molecule has 1 fully saturated rings. The van der Waals surface area contributed by atoms with E-state index >= 15 is 0 Å². The SMILES string of the molecule is Cc1nc2c(c(=O)[nH]1)CN(C(=O)[C@H]1CC(=O)N(Cc3ccccn3)C1)C2. The van der Waals surface area contributed by atoms with Gasteiger partial charge in [0.1, 0.15) is 5.82 Å². The molecule has 0 aromatic carbocycles. The van der Waals surface area contributed by atoms with Crippen LogP contribution >= 0.6 is 0 Å². The van der Waals surface area contributed by atoms with Crippen molar-refractivity contribution in [1.29, 1.82) is 0 Å². The molecule has 1 atom stereocenters. The minimum Gasteiger partial charge on any atom is -0.336 e. The van der Waals surface area contributed by atoms with Gasteiger partial charge in [-0.1, -0.05) is 6.07 Å². The molecule has 4 rings (SSSR count). The van der Waals surface area contributed by atoms with E-state index in [9.17, 15) is 14.4 Å². The monoisotopic (exact) mass is 353 g/mol. The van der Waals surface area contributed by atoms with Crippen LogP contribution in [0.5, 0.6) is 0 Å². The Morgan fingerprint density at radius 1 is 1.31 bits per heavy atom. The van der Waals surface area contributed by atoms with Crippen molar-refractivity contribution in [3.8, 4) is 0 Å². The lowest BCUT2D eigenvalue weighted by atomic mass is 10.1. The summed E-state index contributed by atoms with van der Waals surface area (Å²) in [7, 11) is 0. The molecule has 26 heavy (non-hydrogen) atoms. The number of aromatic amines is 1. The van der Waals surface area contributed by atoms with Gasteiger partial charge in [0.15, 0.2) is 0 Å². The first-order chi connectivity index (χ1) is 12.5. The summed E-state index contributed by atoms with van der Waals surface area (Å²) in [5, 5.41) is 0. The summed E-state index contributed by atoms with van der Waals surface area (Å²) in [6, 6.07) is 5.56. The van der Waals surface area contributed by atoms with Gasteiger partial charge in [0.05, 0.1) is 42.5 Å². The zero-order chi connectivity index (χ0) is 18.3. The van der Waals surface area contributed by atoms with Crippen LogP contribution < -0.4 is 5.56 Å². The van der Waals surface area contributed by atoms with Gasteiger partial charge in [0.2, 0.25) is 11.8 Å². The summed E-state index contributed by atoms with van der Waals surface area (Å²) in [6.45, 7) is 3.08. The molecule has 1 N–H and O–H groups in total. The smallest absolute Gasteiger partial charge is 0.256 e. The minimum atomic E-state index is -0.388. The van der Waals surface area contributed by atoms with Crippen LogP contribution in [0.3, 0.4) is 0 Å². The molecule has 1 saturated heterocycles. The van der Waals surface area contributed by atoms with Crippen molar-refractivity contribution in [3.63, 3.8) is 0 Å².